The Hall–Kier alpha value is -0.610. The third-order valence-corrected chi connectivity index (χ3v) is 5.96. The van der Waals surface area contributed by atoms with Crippen molar-refractivity contribution in [3.8, 4) is 0 Å². The van der Waals surface area contributed by atoms with E-state index >= 15 is 0 Å². The molecule has 100 valence electrons. The largest absolute Gasteiger partial charge is 0.285 e. The van der Waals surface area contributed by atoms with Crippen molar-refractivity contribution in [1.82, 2.24) is 0 Å². The summed E-state index contributed by atoms with van der Waals surface area (Å²) < 4.78 is 32.4. The van der Waals surface area contributed by atoms with Crippen LogP contribution in [0.5, 0.6) is 0 Å². The molecule has 0 bridgehead atoms. The first-order valence-corrected chi connectivity index (χ1v) is 8.44. The van der Waals surface area contributed by atoms with E-state index in [-0.39, 0.29) is 0 Å². The van der Waals surface area contributed by atoms with Gasteiger partial charge in [0.2, 0.25) is 0 Å². The highest BCUT2D eigenvalue weighted by molar-refractivity contribution is 7.86. The summed E-state index contributed by atoms with van der Waals surface area (Å²) >= 11 is 0. The molecule has 1 fully saturated rings. The van der Waals surface area contributed by atoms with Gasteiger partial charge < -0.3 is 0 Å². The first-order chi connectivity index (χ1) is 8.55. The summed E-state index contributed by atoms with van der Waals surface area (Å²) in [4.78, 5) is 0. The quantitative estimate of drug-likeness (QED) is 0.743. The van der Waals surface area contributed by atoms with Gasteiger partial charge in [-0.05, 0) is 61.5 Å². The van der Waals surface area contributed by atoms with Crippen molar-refractivity contribution in [3.05, 3.63) is 23.3 Å². The fraction of sp³-hybridized carbons (Fsp3) is 0.714. The van der Waals surface area contributed by atoms with E-state index in [2.05, 4.69) is 12.2 Å². The number of hydrogen-bond acceptors (Lipinski definition) is 2. The fourth-order valence-electron chi connectivity index (χ4n) is 3.86. The number of fused-ring (bicyclic) bond motifs is 2. The van der Waals surface area contributed by atoms with Crippen molar-refractivity contribution < 1.29 is 13.0 Å². The Morgan fingerprint density at radius 1 is 1.11 bits per heavy atom. The molecule has 1 N–H and O–H groups in total. The fourth-order valence-corrected chi connectivity index (χ4v) is 4.93. The molecule has 0 aromatic rings. The van der Waals surface area contributed by atoms with E-state index in [4.69, 9.17) is 0 Å². The van der Waals surface area contributed by atoms with E-state index in [1.54, 1.807) is 0 Å². The van der Waals surface area contributed by atoms with Crippen LogP contribution in [0.2, 0.25) is 0 Å². The van der Waals surface area contributed by atoms with Crippen LogP contribution in [0.4, 0.5) is 0 Å². The molecule has 3 rings (SSSR count). The van der Waals surface area contributed by atoms with Gasteiger partial charge in [-0.15, -0.1) is 0 Å². The molecular formula is C14H20O3S. The zero-order valence-corrected chi connectivity index (χ0v) is 11.3. The molecular weight excluding hydrogens is 248 g/mol. The Bertz CT molecular complexity index is 501. The lowest BCUT2D eigenvalue weighted by molar-refractivity contribution is 0.335. The standard InChI is InChI=1S/C14H20O3S/c15-18(16,17)14-7-3-6-12-8-10-4-1-2-5-11(10)9-13(12)14/h5,9-10,12,14H,1-4,6-8H2,(H,15,16,17). The first kappa shape index (κ1) is 12.4. The molecule has 3 nitrogen and oxygen atoms in total. The lowest BCUT2D eigenvalue weighted by Crippen LogP contribution is -2.34. The van der Waals surface area contributed by atoms with Gasteiger partial charge in [0.1, 0.15) is 5.25 Å². The Balaban J connectivity index is 1.99. The molecule has 0 aliphatic heterocycles. The van der Waals surface area contributed by atoms with Crippen molar-refractivity contribution in [2.45, 2.75) is 50.2 Å². The normalized spacial score (nSPS) is 36.2. The summed E-state index contributed by atoms with van der Waals surface area (Å²) in [5.74, 6) is 1.01. The maximum absolute atomic E-state index is 11.5. The van der Waals surface area contributed by atoms with Gasteiger partial charge in [-0.3, -0.25) is 4.55 Å². The molecule has 1 saturated carbocycles. The van der Waals surface area contributed by atoms with Gasteiger partial charge in [0.15, 0.2) is 0 Å². The molecule has 4 heteroatoms. The summed E-state index contributed by atoms with van der Waals surface area (Å²) in [5, 5.41) is -0.639. The zero-order chi connectivity index (χ0) is 12.8. The molecule has 0 heterocycles. The molecule has 3 aliphatic carbocycles. The van der Waals surface area contributed by atoms with Crippen LogP contribution >= 0.6 is 0 Å². The van der Waals surface area contributed by atoms with E-state index in [9.17, 15) is 13.0 Å². The Morgan fingerprint density at radius 3 is 2.67 bits per heavy atom. The Labute approximate surface area is 109 Å². The molecule has 3 aliphatic rings. The highest BCUT2D eigenvalue weighted by atomic mass is 32.2. The van der Waals surface area contributed by atoms with Crippen LogP contribution in [0.3, 0.4) is 0 Å². The molecule has 0 aromatic carbocycles. The van der Waals surface area contributed by atoms with Gasteiger partial charge in [-0.25, -0.2) is 0 Å². The van der Waals surface area contributed by atoms with Gasteiger partial charge >= 0.3 is 0 Å². The SMILES string of the molecule is O=S(=O)(O)C1CCCC2CC3CCCC=C3C=C21. The summed E-state index contributed by atoms with van der Waals surface area (Å²) in [5.41, 5.74) is 2.30. The third-order valence-electron chi connectivity index (χ3n) is 4.73. The first-order valence-electron chi connectivity index (χ1n) is 6.93. The summed E-state index contributed by atoms with van der Waals surface area (Å²) in [6.07, 6.45) is 11.6. The lowest BCUT2D eigenvalue weighted by atomic mass is 9.69. The van der Waals surface area contributed by atoms with Crippen molar-refractivity contribution in [2.75, 3.05) is 0 Å². The van der Waals surface area contributed by atoms with E-state index in [1.165, 1.54) is 18.4 Å². The Kier molecular flexibility index (Phi) is 3.10. The summed E-state index contributed by atoms with van der Waals surface area (Å²) in [7, 11) is -3.93. The van der Waals surface area contributed by atoms with Gasteiger partial charge in [0.05, 0.1) is 0 Å². The summed E-state index contributed by atoms with van der Waals surface area (Å²) in [6, 6.07) is 0. The average Bonchev–Trinajstić information content (AvgIpc) is 2.34. The number of rotatable bonds is 1. The van der Waals surface area contributed by atoms with Crippen LogP contribution in [0.15, 0.2) is 23.3 Å². The minimum absolute atomic E-state index is 0.380. The van der Waals surface area contributed by atoms with Crippen LogP contribution in [-0.2, 0) is 10.1 Å². The molecule has 0 radical (unpaired) electrons. The molecule has 3 unspecified atom stereocenters. The number of allylic oxidation sites excluding steroid dienone is 3. The zero-order valence-electron chi connectivity index (χ0n) is 10.5. The van der Waals surface area contributed by atoms with Crippen molar-refractivity contribution in [3.63, 3.8) is 0 Å². The van der Waals surface area contributed by atoms with Gasteiger partial charge in [0.25, 0.3) is 10.1 Å². The molecule has 0 spiro atoms. The predicted molar refractivity (Wildman–Crippen MR) is 70.8 cm³/mol. The second kappa shape index (κ2) is 4.49. The minimum Gasteiger partial charge on any atom is -0.285 e. The third kappa shape index (κ3) is 2.16. The molecule has 0 aromatic heterocycles. The second-order valence-corrected chi connectivity index (χ2v) is 7.44. The molecule has 3 atom stereocenters. The van der Waals surface area contributed by atoms with E-state index < -0.39 is 15.4 Å². The van der Waals surface area contributed by atoms with Crippen LogP contribution in [0.1, 0.15) is 44.9 Å². The minimum atomic E-state index is -3.93. The number of hydrogen-bond donors (Lipinski definition) is 1. The van der Waals surface area contributed by atoms with Gasteiger partial charge in [-0.1, -0.05) is 18.6 Å². The smallest absolute Gasteiger partial charge is 0.271 e. The van der Waals surface area contributed by atoms with Crippen molar-refractivity contribution >= 4 is 10.1 Å². The monoisotopic (exact) mass is 268 g/mol. The van der Waals surface area contributed by atoms with Crippen LogP contribution in [0.25, 0.3) is 0 Å². The maximum atomic E-state index is 11.5. The van der Waals surface area contributed by atoms with Crippen molar-refractivity contribution in [1.29, 1.82) is 0 Å². The highest BCUT2D eigenvalue weighted by Gasteiger charge is 2.39. The predicted octanol–water partition coefficient (Wildman–Crippen LogP) is 3.10. The lowest BCUT2D eigenvalue weighted by Gasteiger charge is -2.39. The van der Waals surface area contributed by atoms with E-state index in [0.29, 0.717) is 18.3 Å². The maximum Gasteiger partial charge on any atom is 0.271 e. The molecule has 18 heavy (non-hydrogen) atoms. The van der Waals surface area contributed by atoms with E-state index in [1.807, 2.05) is 0 Å². The van der Waals surface area contributed by atoms with E-state index in [0.717, 1.165) is 31.3 Å². The van der Waals surface area contributed by atoms with Gasteiger partial charge in [-0.2, -0.15) is 8.42 Å². The Morgan fingerprint density at radius 2 is 1.89 bits per heavy atom. The second-order valence-electron chi connectivity index (χ2n) is 5.84. The van der Waals surface area contributed by atoms with Crippen molar-refractivity contribution in [2.24, 2.45) is 11.8 Å². The molecule has 0 amide bonds. The average molecular weight is 268 g/mol. The molecule has 0 saturated heterocycles. The summed E-state index contributed by atoms with van der Waals surface area (Å²) in [6.45, 7) is 0. The highest BCUT2D eigenvalue weighted by Crippen LogP contribution is 2.45. The topological polar surface area (TPSA) is 54.4 Å². The van der Waals surface area contributed by atoms with Crippen LogP contribution in [0, 0.1) is 11.8 Å². The van der Waals surface area contributed by atoms with Crippen LogP contribution in [-0.4, -0.2) is 18.2 Å². The van der Waals surface area contributed by atoms with Gasteiger partial charge in [0, 0.05) is 0 Å². The van der Waals surface area contributed by atoms with Crippen LogP contribution < -0.4 is 0 Å².